The van der Waals surface area contributed by atoms with Gasteiger partial charge in [-0.2, -0.15) is 17.2 Å². The molecule has 0 aromatic heterocycles. The van der Waals surface area contributed by atoms with Gasteiger partial charge in [0.15, 0.2) is 6.61 Å². The van der Waals surface area contributed by atoms with Gasteiger partial charge in [0.1, 0.15) is 0 Å². The molecule has 0 aliphatic heterocycles. The number of halogens is 2. The highest BCUT2D eigenvalue weighted by molar-refractivity contribution is 7.86. The van der Waals surface area contributed by atoms with Crippen molar-refractivity contribution < 1.29 is 31.3 Å². The highest BCUT2D eigenvalue weighted by Crippen LogP contribution is 2.81. The maximum absolute atomic E-state index is 13.3. The van der Waals surface area contributed by atoms with Crippen molar-refractivity contribution in [3.63, 3.8) is 0 Å². The molecule has 4 saturated carbocycles. The smallest absolute Gasteiger partial charge is 0.402 e. The normalized spacial score (nSPS) is 45.5. The molecule has 4 aliphatic carbocycles. The number of ether oxygens (including phenoxy) is 1. The van der Waals surface area contributed by atoms with Gasteiger partial charge in [-0.15, -0.1) is 0 Å². The Kier molecular flexibility index (Phi) is 2.70. The van der Waals surface area contributed by atoms with Crippen LogP contribution in [-0.2, 0) is 19.6 Å². The maximum atomic E-state index is 13.3. The van der Waals surface area contributed by atoms with Crippen LogP contribution in [0.5, 0.6) is 0 Å². The number of esters is 1. The first-order valence-electron chi connectivity index (χ1n) is 7.62. The summed E-state index contributed by atoms with van der Waals surface area (Å²) in [6.07, 6.45) is 5.52. The molecule has 22 heavy (non-hydrogen) atoms. The van der Waals surface area contributed by atoms with Crippen molar-refractivity contribution in [1.29, 1.82) is 0 Å². The number of hydrogen-bond acceptors (Lipinski definition) is 4. The summed E-state index contributed by atoms with van der Waals surface area (Å²) in [6, 6.07) is 0. The Hall–Kier alpha value is -0.760. The maximum Gasteiger partial charge on any atom is 0.402 e. The fourth-order valence-electron chi connectivity index (χ4n) is 6.11. The van der Waals surface area contributed by atoms with E-state index >= 15 is 0 Å². The lowest BCUT2D eigenvalue weighted by molar-refractivity contribution is -0.191. The molecule has 0 aromatic rings. The summed E-state index contributed by atoms with van der Waals surface area (Å²) < 4.78 is 60.9. The number of alkyl halides is 2. The van der Waals surface area contributed by atoms with Crippen LogP contribution in [-0.4, -0.2) is 30.8 Å². The quantitative estimate of drug-likeness (QED) is 0.629. The number of hydrogen-bond donors (Lipinski definition) is 1. The molecule has 8 heteroatoms. The zero-order valence-electron chi connectivity index (χ0n) is 11.9. The van der Waals surface area contributed by atoms with Crippen LogP contribution in [0.4, 0.5) is 8.78 Å². The van der Waals surface area contributed by atoms with Crippen LogP contribution < -0.4 is 0 Å². The average molecular weight is 336 g/mol. The molecule has 0 heterocycles. The van der Waals surface area contributed by atoms with Gasteiger partial charge in [0.05, 0.1) is 5.41 Å². The Morgan fingerprint density at radius 3 is 2.55 bits per heavy atom. The van der Waals surface area contributed by atoms with Gasteiger partial charge in [-0.25, -0.2) is 0 Å². The van der Waals surface area contributed by atoms with Crippen molar-refractivity contribution in [3.8, 4) is 0 Å². The van der Waals surface area contributed by atoms with E-state index in [0.29, 0.717) is 30.6 Å². The Morgan fingerprint density at radius 1 is 1.18 bits per heavy atom. The molecule has 4 rings (SSSR count). The van der Waals surface area contributed by atoms with Crippen molar-refractivity contribution in [1.82, 2.24) is 0 Å². The lowest BCUT2D eigenvalue weighted by atomic mass is 9.46. The largest absolute Gasteiger partial charge is 0.457 e. The van der Waals surface area contributed by atoms with E-state index in [1.54, 1.807) is 0 Å². The van der Waals surface area contributed by atoms with Crippen LogP contribution in [0.1, 0.15) is 38.5 Å². The first kappa shape index (κ1) is 14.8. The van der Waals surface area contributed by atoms with Crippen molar-refractivity contribution in [3.05, 3.63) is 0 Å². The second kappa shape index (κ2) is 4.01. The molecule has 0 amide bonds. The summed E-state index contributed by atoms with van der Waals surface area (Å²) in [5.41, 5.74) is -0.784. The highest BCUT2D eigenvalue weighted by atomic mass is 32.2. The number of carbonyl (C=O) groups excluding carboxylic acids is 1. The molecular weight excluding hydrogens is 318 g/mol. The molecule has 1 N–H and O–H groups in total. The Bertz CT molecular complexity index is 642. The third-order valence-electron chi connectivity index (χ3n) is 6.70. The summed E-state index contributed by atoms with van der Waals surface area (Å²) >= 11 is 0. The van der Waals surface area contributed by atoms with Crippen molar-refractivity contribution in [2.75, 3.05) is 6.61 Å². The fraction of sp³-hybridized carbons (Fsp3) is 0.929. The van der Waals surface area contributed by atoms with E-state index in [9.17, 15) is 22.0 Å². The Balaban J connectivity index is 1.53. The molecule has 124 valence electrons. The fourth-order valence-corrected chi connectivity index (χ4v) is 6.32. The lowest BCUT2D eigenvalue weighted by Crippen LogP contribution is -2.57. The predicted octanol–water partition coefficient (Wildman–Crippen LogP) is 2.23. The minimum atomic E-state index is -5.57. The third-order valence-corrected chi connectivity index (χ3v) is 7.57. The van der Waals surface area contributed by atoms with Crippen molar-refractivity contribution in [2.24, 2.45) is 28.6 Å². The van der Waals surface area contributed by atoms with Gasteiger partial charge in [-0.05, 0) is 61.7 Å². The molecule has 0 aromatic carbocycles. The molecule has 0 radical (unpaired) electrons. The van der Waals surface area contributed by atoms with Crippen LogP contribution in [0.3, 0.4) is 0 Å². The average Bonchev–Trinajstić information content (AvgIpc) is 2.70. The first-order chi connectivity index (χ1) is 10.1. The second-order valence-corrected chi connectivity index (χ2v) is 9.19. The van der Waals surface area contributed by atoms with E-state index in [0.717, 1.165) is 25.7 Å². The van der Waals surface area contributed by atoms with E-state index in [2.05, 4.69) is 4.74 Å². The standard InChI is InChI=1S/C14H18F2O5S/c15-14(16,22(18,19)20)7-21-11(17)13-5-9-1-8-2-10(6-13)12(13,3-8)4-9/h8-10H,1-7H2,(H,18,19,20). The summed E-state index contributed by atoms with van der Waals surface area (Å²) in [5.74, 6) is 0.887. The highest BCUT2D eigenvalue weighted by Gasteiger charge is 2.77. The first-order valence-corrected chi connectivity index (χ1v) is 9.06. The number of fused-ring (bicyclic) bond motifs is 2. The summed E-state index contributed by atoms with van der Waals surface area (Å²) in [7, 11) is -5.57. The van der Waals surface area contributed by atoms with Gasteiger partial charge < -0.3 is 4.74 Å². The van der Waals surface area contributed by atoms with Crippen LogP contribution in [0.2, 0.25) is 0 Å². The molecule has 1 spiro atoms. The molecule has 0 saturated heterocycles. The Labute approximate surface area is 127 Å². The summed E-state index contributed by atoms with van der Waals surface area (Å²) in [5, 5.41) is -4.45. The van der Waals surface area contributed by atoms with E-state index in [4.69, 9.17) is 4.55 Å². The second-order valence-electron chi connectivity index (χ2n) is 7.64. The van der Waals surface area contributed by atoms with E-state index in [1.165, 1.54) is 0 Å². The van der Waals surface area contributed by atoms with Crippen molar-refractivity contribution in [2.45, 2.75) is 43.8 Å². The number of rotatable bonds is 4. The third kappa shape index (κ3) is 1.60. The molecule has 4 fully saturated rings. The Morgan fingerprint density at radius 2 is 1.86 bits per heavy atom. The predicted molar refractivity (Wildman–Crippen MR) is 70.5 cm³/mol. The summed E-state index contributed by atoms with van der Waals surface area (Å²) in [6.45, 7) is -1.61. The van der Waals surface area contributed by atoms with Gasteiger partial charge in [-0.3, -0.25) is 9.35 Å². The molecular formula is C14H18F2O5S. The zero-order chi connectivity index (χ0) is 16.0. The van der Waals surface area contributed by atoms with Crippen LogP contribution in [0, 0.1) is 28.6 Å². The van der Waals surface area contributed by atoms with E-state index in [-0.39, 0.29) is 5.41 Å². The van der Waals surface area contributed by atoms with Gasteiger partial charge in [0, 0.05) is 0 Å². The van der Waals surface area contributed by atoms with Crippen LogP contribution in [0.25, 0.3) is 0 Å². The SMILES string of the molecule is O=C(OCC(F)(F)S(=O)(=O)O)C12CC3CC4CC(C1)C2(C4)C3. The van der Waals surface area contributed by atoms with Crippen LogP contribution in [0.15, 0.2) is 0 Å². The molecule has 5 atom stereocenters. The molecule has 4 aliphatic rings. The van der Waals surface area contributed by atoms with Gasteiger partial charge in [0.25, 0.3) is 0 Å². The van der Waals surface area contributed by atoms with E-state index in [1.807, 2.05) is 0 Å². The number of carbonyl (C=O) groups is 1. The lowest BCUT2D eigenvalue weighted by Gasteiger charge is -2.56. The monoisotopic (exact) mass is 336 g/mol. The molecule has 3 bridgehead atoms. The van der Waals surface area contributed by atoms with E-state index < -0.39 is 33.4 Å². The topological polar surface area (TPSA) is 80.7 Å². The van der Waals surface area contributed by atoms with Gasteiger partial charge in [0.2, 0.25) is 0 Å². The van der Waals surface area contributed by atoms with Crippen LogP contribution >= 0.6 is 0 Å². The molecule has 5 nitrogen and oxygen atoms in total. The molecule has 5 unspecified atom stereocenters. The van der Waals surface area contributed by atoms with Gasteiger partial charge >= 0.3 is 21.3 Å². The minimum absolute atomic E-state index is 0.0922. The van der Waals surface area contributed by atoms with Gasteiger partial charge in [-0.1, -0.05) is 0 Å². The zero-order valence-corrected chi connectivity index (χ0v) is 12.7. The summed E-state index contributed by atoms with van der Waals surface area (Å²) in [4.78, 5) is 12.5. The minimum Gasteiger partial charge on any atom is -0.457 e. The van der Waals surface area contributed by atoms with Crippen molar-refractivity contribution >= 4 is 16.1 Å².